The molecule has 3 rings (SSSR count). The number of morpholine rings is 1. The SMILES string of the molecule is O=C(CSc1ccc(S(=O)(=O)N2CCOCC2)cn1)Nc1ccccc1Br. The van der Waals surface area contributed by atoms with Gasteiger partial charge in [-0.15, -0.1) is 0 Å². The van der Waals surface area contributed by atoms with Crippen molar-refractivity contribution < 1.29 is 17.9 Å². The van der Waals surface area contributed by atoms with Gasteiger partial charge in [0.2, 0.25) is 15.9 Å². The minimum atomic E-state index is -3.56. The molecule has 0 radical (unpaired) electrons. The zero-order valence-electron chi connectivity index (χ0n) is 14.3. The predicted molar refractivity (Wildman–Crippen MR) is 107 cm³/mol. The molecule has 1 aromatic carbocycles. The van der Waals surface area contributed by atoms with Gasteiger partial charge in [-0.05, 0) is 40.2 Å². The lowest BCUT2D eigenvalue weighted by Gasteiger charge is -2.25. The number of ether oxygens (including phenoxy) is 1. The number of halogens is 1. The van der Waals surface area contributed by atoms with E-state index in [0.717, 1.165) is 4.47 Å². The summed E-state index contributed by atoms with van der Waals surface area (Å²) in [5.41, 5.74) is 0.697. The molecule has 0 bridgehead atoms. The Morgan fingerprint density at radius 2 is 1.96 bits per heavy atom. The maximum absolute atomic E-state index is 12.6. The number of sulfonamides is 1. The van der Waals surface area contributed by atoms with Gasteiger partial charge >= 0.3 is 0 Å². The molecule has 10 heteroatoms. The van der Waals surface area contributed by atoms with Crippen LogP contribution in [0.25, 0.3) is 0 Å². The summed E-state index contributed by atoms with van der Waals surface area (Å²) in [6, 6.07) is 10.5. The van der Waals surface area contributed by atoms with Crippen molar-refractivity contribution in [1.29, 1.82) is 0 Å². The average molecular weight is 472 g/mol. The Labute approximate surface area is 170 Å². The minimum absolute atomic E-state index is 0.145. The summed E-state index contributed by atoms with van der Waals surface area (Å²) >= 11 is 4.62. The number of nitrogens with one attached hydrogen (secondary N) is 1. The van der Waals surface area contributed by atoms with E-state index >= 15 is 0 Å². The average Bonchev–Trinajstić information content (AvgIpc) is 2.69. The molecular formula is C17H18BrN3O4S2. The number of pyridine rings is 1. The maximum Gasteiger partial charge on any atom is 0.244 e. The van der Waals surface area contributed by atoms with Gasteiger partial charge in [0.1, 0.15) is 4.90 Å². The first-order valence-electron chi connectivity index (χ1n) is 8.18. The number of hydrogen-bond donors (Lipinski definition) is 1. The Kier molecular flexibility index (Phi) is 6.88. The third-order valence-corrected chi connectivity index (χ3v) is 7.33. The van der Waals surface area contributed by atoms with Crippen LogP contribution in [-0.2, 0) is 19.6 Å². The van der Waals surface area contributed by atoms with Crippen molar-refractivity contribution in [3.05, 3.63) is 47.1 Å². The van der Waals surface area contributed by atoms with E-state index in [2.05, 4.69) is 26.2 Å². The van der Waals surface area contributed by atoms with Gasteiger partial charge in [0.15, 0.2) is 0 Å². The summed E-state index contributed by atoms with van der Waals surface area (Å²) in [4.78, 5) is 16.4. The Bertz CT molecular complexity index is 901. The first kappa shape index (κ1) is 20.3. The fourth-order valence-corrected chi connectivity index (χ4v) is 4.81. The molecule has 0 unspecified atom stereocenters. The highest BCUT2D eigenvalue weighted by molar-refractivity contribution is 9.10. The fourth-order valence-electron chi connectivity index (χ4n) is 2.43. The smallest absolute Gasteiger partial charge is 0.244 e. The summed E-state index contributed by atoms with van der Waals surface area (Å²) in [5.74, 6) is 0.00267. The molecule has 1 aliphatic rings. The number of rotatable bonds is 6. The summed E-state index contributed by atoms with van der Waals surface area (Å²) in [5, 5.41) is 3.39. The van der Waals surface area contributed by atoms with Crippen LogP contribution in [0, 0.1) is 0 Å². The van der Waals surface area contributed by atoms with E-state index in [0.29, 0.717) is 37.0 Å². The van der Waals surface area contributed by atoms with E-state index in [1.807, 2.05) is 18.2 Å². The highest BCUT2D eigenvalue weighted by atomic mass is 79.9. The molecule has 1 saturated heterocycles. The van der Waals surface area contributed by atoms with Crippen LogP contribution in [0.15, 0.2) is 57.0 Å². The largest absolute Gasteiger partial charge is 0.379 e. The molecule has 27 heavy (non-hydrogen) atoms. The number of benzene rings is 1. The second-order valence-corrected chi connectivity index (χ2v) is 9.45. The van der Waals surface area contributed by atoms with Crippen LogP contribution < -0.4 is 5.32 Å². The minimum Gasteiger partial charge on any atom is -0.379 e. The Morgan fingerprint density at radius 1 is 1.22 bits per heavy atom. The topological polar surface area (TPSA) is 88.6 Å². The van der Waals surface area contributed by atoms with Gasteiger partial charge in [0.25, 0.3) is 0 Å². The first-order chi connectivity index (χ1) is 13.0. The monoisotopic (exact) mass is 471 g/mol. The molecule has 2 heterocycles. The predicted octanol–water partition coefficient (Wildman–Crippen LogP) is 2.60. The molecular weight excluding hydrogens is 454 g/mol. The number of thioether (sulfide) groups is 1. The molecule has 1 N–H and O–H groups in total. The van der Waals surface area contributed by atoms with Crippen LogP contribution in [0.2, 0.25) is 0 Å². The van der Waals surface area contributed by atoms with Crippen LogP contribution in [0.1, 0.15) is 0 Å². The van der Waals surface area contributed by atoms with Crippen molar-refractivity contribution in [2.75, 3.05) is 37.4 Å². The molecule has 0 atom stereocenters. The van der Waals surface area contributed by atoms with Gasteiger partial charge < -0.3 is 10.1 Å². The van der Waals surface area contributed by atoms with Crippen molar-refractivity contribution in [3.63, 3.8) is 0 Å². The lowest BCUT2D eigenvalue weighted by molar-refractivity contribution is -0.113. The zero-order chi connectivity index (χ0) is 19.3. The van der Waals surface area contributed by atoms with E-state index in [9.17, 15) is 13.2 Å². The molecule has 144 valence electrons. The van der Waals surface area contributed by atoms with Crippen LogP contribution in [0.4, 0.5) is 5.69 Å². The third kappa shape index (κ3) is 5.29. The van der Waals surface area contributed by atoms with Crippen molar-refractivity contribution in [1.82, 2.24) is 9.29 Å². The number of anilines is 1. The third-order valence-electron chi connectivity index (χ3n) is 3.82. The summed E-state index contributed by atoms with van der Waals surface area (Å²) in [6.45, 7) is 1.47. The molecule has 1 aliphatic heterocycles. The molecule has 1 aromatic heterocycles. The van der Waals surface area contributed by atoms with Gasteiger partial charge in [0.05, 0.1) is 29.7 Å². The molecule has 7 nitrogen and oxygen atoms in total. The zero-order valence-corrected chi connectivity index (χ0v) is 17.5. The molecule has 0 aliphatic carbocycles. The lowest BCUT2D eigenvalue weighted by Crippen LogP contribution is -2.40. The van der Waals surface area contributed by atoms with E-state index in [4.69, 9.17) is 4.74 Å². The van der Waals surface area contributed by atoms with E-state index < -0.39 is 10.0 Å². The normalized spacial score (nSPS) is 15.4. The second kappa shape index (κ2) is 9.16. The van der Waals surface area contributed by atoms with Gasteiger partial charge in [-0.3, -0.25) is 4.79 Å². The summed E-state index contributed by atoms with van der Waals surface area (Å²) in [7, 11) is -3.56. The molecule has 2 aromatic rings. The summed E-state index contributed by atoms with van der Waals surface area (Å²) in [6.07, 6.45) is 1.33. The fraction of sp³-hybridized carbons (Fsp3) is 0.294. The summed E-state index contributed by atoms with van der Waals surface area (Å²) < 4.78 is 32.5. The molecule has 1 fully saturated rings. The van der Waals surface area contributed by atoms with Crippen LogP contribution in [0.3, 0.4) is 0 Å². The lowest BCUT2D eigenvalue weighted by atomic mass is 10.3. The van der Waals surface area contributed by atoms with Crippen molar-refractivity contribution >= 4 is 49.3 Å². The number of nitrogens with zero attached hydrogens (tertiary/aromatic N) is 2. The van der Waals surface area contributed by atoms with Crippen molar-refractivity contribution in [3.8, 4) is 0 Å². The van der Waals surface area contributed by atoms with Gasteiger partial charge in [-0.2, -0.15) is 4.31 Å². The van der Waals surface area contributed by atoms with Crippen LogP contribution in [0.5, 0.6) is 0 Å². The number of hydrogen-bond acceptors (Lipinski definition) is 6. The molecule has 0 spiro atoms. The van der Waals surface area contributed by atoms with E-state index in [1.54, 1.807) is 12.1 Å². The highest BCUT2D eigenvalue weighted by Gasteiger charge is 2.26. The Morgan fingerprint density at radius 3 is 2.63 bits per heavy atom. The quantitative estimate of drug-likeness (QED) is 0.651. The van der Waals surface area contributed by atoms with E-state index in [-0.39, 0.29) is 16.6 Å². The number of carbonyl (C=O) groups is 1. The standard InChI is InChI=1S/C17H18BrN3O4S2/c18-14-3-1-2-4-15(14)20-16(22)12-26-17-6-5-13(11-19-17)27(23,24)21-7-9-25-10-8-21/h1-6,11H,7-10,12H2,(H,20,22). The van der Waals surface area contributed by atoms with Gasteiger partial charge in [-0.1, -0.05) is 23.9 Å². The van der Waals surface area contributed by atoms with Crippen LogP contribution in [-0.4, -0.2) is 55.7 Å². The first-order valence-corrected chi connectivity index (χ1v) is 11.4. The number of carbonyl (C=O) groups excluding carboxylic acids is 1. The highest BCUT2D eigenvalue weighted by Crippen LogP contribution is 2.23. The van der Waals surface area contributed by atoms with Crippen LogP contribution >= 0.6 is 27.7 Å². The van der Waals surface area contributed by atoms with Crippen molar-refractivity contribution in [2.45, 2.75) is 9.92 Å². The van der Waals surface area contributed by atoms with Crippen molar-refractivity contribution in [2.24, 2.45) is 0 Å². The number of amides is 1. The molecule has 0 saturated carbocycles. The maximum atomic E-state index is 12.6. The Balaban J connectivity index is 1.57. The molecule has 1 amide bonds. The number of aromatic nitrogens is 1. The van der Waals surface area contributed by atoms with E-state index in [1.165, 1.54) is 28.3 Å². The number of para-hydroxylation sites is 1. The van der Waals surface area contributed by atoms with Gasteiger partial charge in [0, 0.05) is 23.8 Å². The Hall–Kier alpha value is -1.46. The van der Waals surface area contributed by atoms with Gasteiger partial charge in [-0.25, -0.2) is 13.4 Å². The second-order valence-electron chi connectivity index (χ2n) is 5.67.